The fourth-order valence-electron chi connectivity index (χ4n) is 3.68. The van der Waals surface area contributed by atoms with Gasteiger partial charge in [-0.05, 0) is 56.2 Å². The third-order valence-corrected chi connectivity index (χ3v) is 6.58. The van der Waals surface area contributed by atoms with Gasteiger partial charge in [-0.15, -0.1) is 11.3 Å². The fourth-order valence-corrected chi connectivity index (χ4v) is 5.16. The molecule has 0 amide bonds. The fraction of sp³-hybridized carbons (Fsp3) is 0.400. The second kappa shape index (κ2) is 7.41. The molecule has 2 aromatic heterocycles. The largest absolute Gasteiger partial charge is 0.355 e. The molecule has 0 bridgehead atoms. The predicted molar refractivity (Wildman–Crippen MR) is 110 cm³/mol. The van der Waals surface area contributed by atoms with Gasteiger partial charge in [0.25, 0.3) is 5.56 Å². The highest BCUT2D eigenvalue weighted by Crippen LogP contribution is 2.34. The number of nitrogens with one attached hydrogen (secondary N) is 1. The summed E-state index contributed by atoms with van der Waals surface area (Å²) in [4.78, 5) is 20.1. The number of fused-ring (bicyclic) bond motifs is 3. The van der Waals surface area contributed by atoms with Gasteiger partial charge in [0.2, 0.25) is 5.95 Å². The molecule has 0 radical (unpaired) electrons. The zero-order valence-electron chi connectivity index (χ0n) is 14.8. The number of thiophene rings is 1. The Labute approximate surface area is 161 Å². The molecule has 0 saturated carbocycles. The van der Waals surface area contributed by atoms with Gasteiger partial charge in [-0.25, -0.2) is 4.98 Å². The summed E-state index contributed by atoms with van der Waals surface area (Å²) in [6, 6.07) is 7.85. The molecule has 1 aliphatic rings. The molecule has 6 heteroatoms. The van der Waals surface area contributed by atoms with Crippen LogP contribution in [0.25, 0.3) is 10.2 Å². The molecule has 0 spiro atoms. The van der Waals surface area contributed by atoms with Crippen molar-refractivity contribution >= 4 is 39.1 Å². The second-order valence-corrected chi connectivity index (χ2v) is 8.13. The smallest absolute Gasteiger partial charge is 0.263 e. The Morgan fingerprint density at radius 2 is 2.08 bits per heavy atom. The number of hydrogen-bond acceptors (Lipinski definition) is 4. The minimum atomic E-state index is 0.0946. The van der Waals surface area contributed by atoms with Crippen LogP contribution < -0.4 is 10.9 Å². The normalized spacial score (nSPS) is 13.8. The topological polar surface area (TPSA) is 46.9 Å². The number of halogens is 1. The van der Waals surface area contributed by atoms with E-state index < -0.39 is 0 Å². The quantitative estimate of drug-likeness (QED) is 0.692. The predicted octanol–water partition coefficient (Wildman–Crippen LogP) is 4.66. The Hall–Kier alpha value is -1.85. The molecule has 0 atom stereocenters. The maximum absolute atomic E-state index is 13.1. The molecular weight excluding hydrogens is 366 g/mol. The van der Waals surface area contributed by atoms with E-state index in [1.54, 1.807) is 15.9 Å². The summed E-state index contributed by atoms with van der Waals surface area (Å²) in [5.74, 6) is 0.663. The number of anilines is 1. The van der Waals surface area contributed by atoms with Crippen molar-refractivity contribution < 1.29 is 0 Å². The SMILES string of the molecule is CCn1c(NCCc2ccccc2Cl)nc2sc3c(c2c1=O)CCCC3. The number of rotatable bonds is 5. The van der Waals surface area contributed by atoms with E-state index in [2.05, 4.69) is 5.32 Å². The van der Waals surface area contributed by atoms with Gasteiger partial charge in [-0.2, -0.15) is 0 Å². The highest BCUT2D eigenvalue weighted by Gasteiger charge is 2.21. The highest BCUT2D eigenvalue weighted by molar-refractivity contribution is 7.18. The molecule has 0 aliphatic heterocycles. The monoisotopic (exact) mass is 387 g/mol. The Morgan fingerprint density at radius 1 is 1.27 bits per heavy atom. The van der Waals surface area contributed by atoms with Crippen molar-refractivity contribution in [2.45, 2.75) is 45.6 Å². The minimum Gasteiger partial charge on any atom is -0.355 e. The van der Waals surface area contributed by atoms with E-state index in [0.717, 1.165) is 40.1 Å². The van der Waals surface area contributed by atoms with Gasteiger partial charge in [0.05, 0.1) is 5.39 Å². The molecule has 4 rings (SSSR count). The van der Waals surface area contributed by atoms with Crippen LogP contribution in [0.4, 0.5) is 5.95 Å². The molecule has 1 aliphatic carbocycles. The van der Waals surface area contributed by atoms with E-state index >= 15 is 0 Å². The summed E-state index contributed by atoms with van der Waals surface area (Å²) in [5.41, 5.74) is 2.44. The number of hydrogen-bond donors (Lipinski definition) is 1. The van der Waals surface area contributed by atoms with E-state index in [1.807, 2.05) is 31.2 Å². The van der Waals surface area contributed by atoms with Crippen LogP contribution in [0.1, 0.15) is 35.8 Å². The van der Waals surface area contributed by atoms with Crippen LogP contribution in [0.5, 0.6) is 0 Å². The van der Waals surface area contributed by atoms with E-state index in [1.165, 1.54) is 23.3 Å². The number of nitrogens with zero attached hydrogens (tertiary/aromatic N) is 2. The van der Waals surface area contributed by atoms with Gasteiger partial charge >= 0.3 is 0 Å². The van der Waals surface area contributed by atoms with Crippen LogP contribution >= 0.6 is 22.9 Å². The lowest BCUT2D eigenvalue weighted by Gasteiger charge is -2.13. The molecule has 3 aromatic rings. The van der Waals surface area contributed by atoms with E-state index in [4.69, 9.17) is 16.6 Å². The first-order valence-corrected chi connectivity index (χ1v) is 10.4. The zero-order chi connectivity index (χ0) is 18.1. The molecular formula is C20H22ClN3OS. The van der Waals surface area contributed by atoms with Gasteiger partial charge in [0.1, 0.15) is 4.83 Å². The first-order valence-electron chi connectivity index (χ1n) is 9.21. The Balaban J connectivity index is 1.64. The van der Waals surface area contributed by atoms with Crippen molar-refractivity contribution in [3.05, 3.63) is 55.6 Å². The zero-order valence-corrected chi connectivity index (χ0v) is 16.4. The molecule has 0 saturated heterocycles. The van der Waals surface area contributed by atoms with Crippen molar-refractivity contribution in [2.24, 2.45) is 0 Å². The molecule has 1 aromatic carbocycles. The number of aryl methyl sites for hydroxylation is 2. The summed E-state index contributed by atoms with van der Waals surface area (Å²) in [6.07, 6.45) is 5.26. The summed E-state index contributed by atoms with van der Waals surface area (Å²) < 4.78 is 1.76. The molecule has 4 nitrogen and oxygen atoms in total. The van der Waals surface area contributed by atoms with Gasteiger partial charge < -0.3 is 5.32 Å². The average molecular weight is 388 g/mol. The molecule has 0 fully saturated rings. The van der Waals surface area contributed by atoms with Crippen LogP contribution in [-0.4, -0.2) is 16.1 Å². The minimum absolute atomic E-state index is 0.0946. The van der Waals surface area contributed by atoms with Crippen molar-refractivity contribution in [1.29, 1.82) is 0 Å². The van der Waals surface area contributed by atoms with Crippen LogP contribution in [-0.2, 0) is 25.8 Å². The van der Waals surface area contributed by atoms with Crippen molar-refractivity contribution in [3.8, 4) is 0 Å². The van der Waals surface area contributed by atoms with Gasteiger partial charge in [-0.3, -0.25) is 9.36 Å². The summed E-state index contributed by atoms with van der Waals surface area (Å²) in [5, 5.41) is 4.98. The van der Waals surface area contributed by atoms with E-state index in [-0.39, 0.29) is 5.56 Å². The van der Waals surface area contributed by atoms with Crippen molar-refractivity contribution in [1.82, 2.24) is 9.55 Å². The van der Waals surface area contributed by atoms with Crippen molar-refractivity contribution in [3.63, 3.8) is 0 Å². The number of benzene rings is 1. The summed E-state index contributed by atoms with van der Waals surface area (Å²) >= 11 is 7.92. The lowest BCUT2D eigenvalue weighted by atomic mass is 9.97. The number of aromatic nitrogens is 2. The van der Waals surface area contributed by atoms with Gasteiger partial charge in [0.15, 0.2) is 0 Å². The molecule has 1 N–H and O–H groups in total. The maximum Gasteiger partial charge on any atom is 0.263 e. The maximum atomic E-state index is 13.1. The first kappa shape index (κ1) is 17.6. The van der Waals surface area contributed by atoms with Crippen LogP contribution in [0, 0.1) is 0 Å². The molecule has 2 heterocycles. The second-order valence-electron chi connectivity index (χ2n) is 6.64. The highest BCUT2D eigenvalue weighted by atomic mass is 35.5. The Bertz CT molecular complexity index is 1010. The summed E-state index contributed by atoms with van der Waals surface area (Å²) in [7, 11) is 0. The standard InChI is InChI=1S/C20H22ClN3OS/c1-2-24-19(25)17-14-8-4-6-10-16(14)26-18(17)23-20(24)22-12-11-13-7-3-5-9-15(13)21/h3,5,7,9H,2,4,6,8,10-12H2,1H3,(H,22,23). The van der Waals surface area contributed by atoms with E-state index in [0.29, 0.717) is 19.0 Å². The lowest BCUT2D eigenvalue weighted by molar-refractivity contribution is 0.695. The Kier molecular flexibility index (Phi) is 5.00. The first-order chi connectivity index (χ1) is 12.7. The van der Waals surface area contributed by atoms with Crippen LogP contribution in [0.15, 0.2) is 29.1 Å². The average Bonchev–Trinajstić information content (AvgIpc) is 3.02. The third-order valence-electron chi connectivity index (χ3n) is 5.03. The van der Waals surface area contributed by atoms with Gasteiger partial charge in [-0.1, -0.05) is 29.8 Å². The Morgan fingerprint density at radius 3 is 2.88 bits per heavy atom. The van der Waals surface area contributed by atoms with E-state index in [9.17, 15) is 4.79 Å². The lowest BCUT2D eigenvalue weighted by Crippen LogP contribution is -2.25. The molecule has 0 unspecified atom stereocenters. The van der Waals surface area contributed by atoms with Crippen LogP contribution in [0.2, 0.25) is 5.02 Å². The third kappa shape index (κ3) is 3.14. The van der Waals surface area contributed by atoms with Gasteiger partial charge in [0, 0.05) is 23.0 Å². The summed E-state index contributed by atoms with van der Waals surface area (Å²) in [6.45, 7) is 3.29. The van der Waals surface area contributed by atoms with Crippen LogP contribution in [0.3, 0.4) is 0 Å². The molecule has 136 valence electrons. The molecule has 26 heavy (non-hydrogen) atoms. The van der Waals surface area contributed by atoms with Crippen molar-refractivity contribution in [2.75, 3.05) is 11.9 Å².